The molecule has 0 amide bonds. The highest BCUT2D eigenvalue weighted by Gasteiger charge is 2.32. The lowest BCUT2D eigenvalue weighted by Gasteiger charge is -2.08. The summed E-state index contributed by atoms with van der Waals surface area (Å²) in [5, 5.41) is 0. The van der Waals surface area contributed by atoms with Crippen molar-refractivity contribution < 1.29 is 32.5 Å². The Balaban J connectivity index is 1.95. The minimum atomic E-state index is -4.91. The minimum Gasteiger partial charge on any atom is -0.423 e. The fourth-order valence-electron chi connectivity index (χ4n) is 1.79. The largest absolute Gasteiger partial charge is 0.558 e. The fourth-order valence-corrected chi connectivity index (χ4v) is 1.79. The van der Waals surface area contributed by atoms with Crippen molar-refractivity contribution in [1.29, 1.82) is 0 Å². The number of ether oxygens (including phenoxy) is 1. The summed E-state index contributed by atoms with van der Waals surface area (Å²) in [6, 6.07) is 11.7. The quantitative estimate of drug-likeness (QED) is 0.229. The van der Waals surface area contributed by atoms with E-state index in [1.54, 1.807) is 24.3 Å². The summed E-state index contributed by atoms with van der Waals surface area (Å²) >= 11 is 0. The number of rotatable bonds is 6. The minimum absolute atomic E-state index is 0.153. The maximum Gasteiger partial charge on any atom is 0.558 e. The SMILES string of the molecule is C=C(C)/C=C/c1ccc(C(=O)Oc2ccc(OOC(F)(F)F)cc2)cc1. The molecule has 0 radical (unpaired) electrons. The zero-order valence-corrected chi connectivity index (χ0v) is 13.7. The Kier molecular flexibility index (Phi) is 6.19. The van der Waals surface area contributed by atoms with E-state index >= 15 is 0 Å². The molecule has 2 aromatic rings. The number of benzene rings is 2. The molecule has 0 saturated heterocycles. The zero-order valence-electron chi connectivity index (χ0n) is 13.7. The summed E-state index contributed by atoms with van der Waals surface area (Å²) in [5.74, 6) is -0.628. The van der Waals surface area contributed by atoms with E-state index < -0.39 is 12.3 Å². The molecule has 0 aliphatic carbocycles. The van der Waals surface area contributed by atoms with Gasteiger partial charge in [-0.25, -0.2) is 4.79 Å². The van der Waals surface area contributed by atoms with Crippen LogP contribution in [0.25, 0.3) is 6.08 Å². The molecule has 4 nitrogen and oxygen atoms in total. The second-order valence-electron chi connectivity index (χ2n) is 5.28. The van der Waals surface area contributed by atoms with Gasteiger partial charge >= 0.3 is 12.3 Å². The van der Waals surface area contributed by atoms with E-state index in [-0.39, 0.29) is 11.5 Å². The molecule has 0 heterocycles. The summed E-state index contributed by atoms with van der Waals surface area (Å²) < 4.78 is 40.8. The van der Waals surface area contributed by atoms with Crippen LogP contribution < -0.4 is 9.62 Å². The van der Waals surface area contributed by atoms with E-state index in [2.05, 4.69) is 16.4 Å². The summed E-state index contributed by atoms with van der Waals surface area (Å²) in [6.45, 7) is 5.63. The van der Waals surface area contributed by atoms with Gasteiger partial charge in [-0.1, -0.05) is 41.3 Å². The smallest absolute Gasteiger partial charge is 0.423 e. The Morgan fingerprint density at radius 2 is 1.58 bits per heavy atom. The monoisotopic (exact) mass is 364 g/mol. The molecule has 0 unspecified atom stereocenters. The number of alkyl halides is 3. The van der Waals surface area contributed by atoms with Gasteiger partial charge in [-0.05, 0) is 48.9 Å². The lowest BCUT2D eigenvalue weighted by Crippen LogP contribution is -2.15. The van der Waals surface area contributed by atoms with Crippen LogP contribution in [0.15, 0.2) is 66.8 Å². The Labute approximate surface area is 148 Å². The highest BCUT2D eigenvalue weighted by atomic mass is 19.4. The van der Waals surface area contributed by atoms with Gasteiger partial charge in [0.2, 0.25) is 0 Å². The molecule has 0 aliphatic heterocycles. The van der Waals surface area contributed by atoms with Crippen LogP contribution in [-0.4, -0.2) is 12.3 Å². The lowest BCUT2D eigenvalue weighted by atomic mass is 10.1. The Bertz CT molecular complexity index is 791. The molecule has 0 aliphatic rings. The van der Waals surface area contributed by atoms with Crippen molar-refractivity contribution in [1.82, 2.24) is 0 Å². The third-order valence-corrected chi connectivity index (χ3v) is 2.97. The fraction of sp³-hybridized carbons (Fsp3) is 0.105. The van der Waals surface area contributed by atoms with E-state index in [1.807, 2.05) is 19.1 Å². The first-order valence-electron chi connectivity index (χ1n) is 7.41. The molecule has 0 saturated carbocycles. The summed E-state index contributed by atoms with van der Waals surface area (Å²) in [5.41, 5.74) is 2.13. The third kappa shape index (κ3) is 6.45. The molecular formula is C19H15F3O4. The van der Waals surface area contributed by atoms with Crippen LogP contribution in [0.2, 0.25) is 0 Å². The molecule has 0 N–H and O–H groups in total. The normalized spacial score (nSPS) is 11.4. The first-order chi connectivity index (χ1) is 12.2. The average molecular weight is 364 g/mol. The summed E-state index contributed by atoms with van der Waals surface area (Å²) in [7, 11) is 0. The molecule has 0 spiro atoms. The average Bonchev–Trinajstić information content (AvgIpc) is 2.59. The van der Waals surface area contributed by atoms with Crippen LogP contribution >= 0.6 is 0 Å². The summed E-state index contributed by atoms with van der Waals surface area (Å²) in [6.07, 6.45) is -1.20. The van der Waals surface area contributed by atoms with Crippen LogP contribution in [0.1, 0.15) is 22.8 Å². The number of hydrogen-bond donors (Lipinski definition) is 0. The molecule has 2 rings (SSSR count). The molecule has 7 heteroatoms. The number of halogens is 3. The molecule has 26 heavy (non-hydrogen) atoms. The zero-order chi connectivity index (χ0) is 19.2. The first kappa shape index (κ1) is 19.3. The van der Waals surface area contributed by atoms with Crippen molar-refractivity contribution in [3.63, 3.8) is 0 Å². The predicted octanol–water partition coefficient (Wildman–Crippen LogP) is 5.33. The van der Waals surface area contributed by atoms with Gasteiger partial charge in [-0.2, -0.15) is 0 Å². The second kappa shape index (κ2) is 8.35. The maximum absolute atomic E-state index is 12.1. The van der Waals surface area contributed by atoms with Crippen LogP contribution in [0.3, 0.4) is 0 Å². The van der Waals surface area contributed by atoms with Crippen LogP contribution in [-0.2, 0) is 4.89 Å². The third-order valence-electron chi connectivity index (χ3n) is 2.97. The van der Waals surface area contributed by atoms with Gasteiger partial charge in [0.1, 0.15) is 5.75 Å². The Morgan fingerprint density at radius 3 is 2.12 bits per heavy atom. The molecule has 0 atom stereocenters. The van der Waals surface area contributed by atoms with Crippen LogP contribution in [0.5, 0.6) is 11.5 Å². The van der Waals surface area contributed by atoms with Crippen molar-refractivity contribution >= 4 is 12.0 Å². The predicted molar refractivity (Wildman–Crippen MR) is 89.5 cm³/mol. The van der Waals surface area contributed by atoms with E-state index in [0.717, 1.165) is 11.1 Å². The highest BCUT2D eigenvalue weighted by molar-refractivity contribution is 5.91. The Morgan fingerprint density at radius 1 is 1.00 bits per heavy atom. The summed E-state index contributed by atoms with van der Waals surface area (Å²) in [4.78, 5) is 19.4. The van der Waals surface area contributed by atoms with E-state index in [9.17, 15) is 18.0 Å². The second-order valence-corrected chi connectivity index (χ2v) is 5.28. The number of carbonyl (C=O) groups excluding carboxylic acids is 1. The standard InChI is InChI=1S/C19H15F3O4/c1-13(2)3-4-14-5-7-15(8-6-14)18(23)24-16-9-11-17(12-10-16)25-26-19(20,21)22/h3-12H,1H2,2H3/b4-3+. The lowest BCUT2D eigenvalue weighted by molar-refractivity contribution is -0.444. The van der Waals surface area contributed by atoms with Gasteiger partial charge in [0.25, 0.3) is 0 Å². The molecule has 0 aromatic heterocycles. The van der Waals surface area contributed by atoms with Gasteiger partial charge in [-0.3, -0.25) is 0 Å². The maximum atomic E-state index is 12.1. The molecular weight excluding hydrogens is 349 g/mol. The van der Waals surface area contributed by atoms with Gasteiger partial charge in [0, 0.05) is 0 Å². The van der Waals surface area contributed by atoms with E-state index in [1.165, 1.54) is 24.3 Å². The van der Waals surface area contributed by atoms with E-state index in [4.69, 9.17) is 4.74 Å². The molecule has 2 aromatic carbocycles. The van der Waals surface area contributed by atoms with Gasteiger partial charge < -0.3 is 9.62 Å². The van der Waals surface area contributed by atoms with Gasteiger partial charge in [0.05, 0.1) is 5.56 Å². The Hall–Kier alpha value is -3.06. The van der Waals surface area contributed by atoms with Gasteiger partial charge in [0.15, 0.2) is 5.75 Å². The van der Waals surface area contributed by atoms with Crippen LogP contribution in [0.4, 0.5) is 13.2 Å². The first-order valence-corrected chi connectivity index (χ1v) is 7.41. The topological polar surface area (TPSA) is 44.8 Å². The molecule has 0 bridgehead atoms. The van der Waals surface area contributed by atoms with Crippen LogP contribution in [0, 0.1) is 0 Å². The van der Waals surface area contributed by atoms with Crippen molar-refractivity contribution in [2.75, 3.05) is 0 Å². The van der Waals surface area contributed by atoms with Crippen molar-refractivity contribution in [2.24, 2.45) is 0 Å². The van der Waals surface area contributed by atoms with Crippen molar-refractivity contribution in [3.05, 3.63) is 77.9 Å². The number of hydrogen-bond acceptors (Lipinski definition) is 4. The molecule has 136 valence electrons. The number of esters is 1. The van der Waals surface area contributed by atoms with Crippen molar-refractivity contribution in [3.8, 4) is 11.5 Å². The van der Waals surface area contributed by atoms with E-state index in [0.29, 0.717) is 5.56 Å². The molecule has 0 fully saturated rings. The van der Waals surface area contributed by atoms with Gasteiger partial charge in [-0.15, -0.1) is 13.2 Å². The highest BCUT2D eigenvalue weighted by Crippen LogP contribution is 2.22. The van der Waals surface area contributed by atoms with Crippen molar-refractivity contribution in [2.45, 2.75) is 13.3 Å². The number of carbonyl (C=O) groups is 1. The number of allylic oxidation sites excluding steroid dienone is 2.